The van der Waals surface area contributed by atoms with Crippen molar-refractivity contribution in [3.63, 3.8) is 0 Å². The van der Waals surface area contributed by atoms with Crippen LogP contribution in [-0.4, -0.2) is 22.4 Å². The van der Waals surface area contributed by atoms with Crippen molar-refractivity contribution < 1.29 is 4.79 Å². The van der Waals surface area contributed by atoms with Gasteiger partial charge in [-0.05, 0) is 12.1 Å². The van der Waals surface area contributed by atoms with E-state index < -0.39 is 0 Å². The maximum atomic E-state index is 11.3. The van der Waals surface area contributed by atoms with E-state index in [9.17, 15) is 4.79 Å². The van der Waals surface area contributed by atoms with E-state index in [2.05, 4.69) is 10.3 Å². The fourth-order valence-electron chi connectivity index (χ4n) is 0.898. The maximum Gasteiger partial charge on any atom is 0.235 e. The minimum absolute atomic E-state index is 0.0864. The lowest BCUT2D eigenvalue weighted by Crippen LogP contribution is -2.15. The zero-order chi connectivity index (χ0) is 10.9. The van der Waals surface area contributed by atoms with Crippen LogP contribution in [0.25, 0.3) is 0 Å². The fourth-order valence-corrected chi connectivity index (χ4v) is 1.54. The molecule has 0 radical (unpaired) electrons. The molecule has 0 fully saturated rings. The molecule has 1 rings (SSSR count). The van der Waals surface area contributed by atoms with E-state index in [0.717, 1.165) is 0 Å². The molecule has 1 amide bonds. The highest BCUT2D eigenvalue weighted by Crippen LogP contribution is 2.04. The number of nitrogens with one attached hydrogen (secondary N) is 1. The second-order valence-corrected chi connectivity index (χ2v) is 3.83. The first-order chi connectivity index (χ1) is 7.33. The smallest absolute Gasteiger partial charge is 0.235 e. The standard InChI is InChI=1S/C10H11N3OS/c11-5-3-7-15-8-10(14)13-9-4-1-2-6-12-9/h1-2,4,6H,3,7-8H2,(H,12,13,14). The highest BCUT2D eigenvalue weighted by Gasteiger charge is 2.01. The normalized spacial score (nSPS) is 9.27. The van der Waals surface area contributed by atoms with Gasteiger partial charge in [-0.3, -0.25) is 4.79 Å². The Morgan fingerprint density at radius 1 is 1.60 bits per heavy atom. The summed E-state index contributed by atoms with van der Waals surface area (Å²) in [6, 6.07) is 7.36. The first-order valence-electron chi connectivity index (χ1n) is 4.48. The third-order valence-corrected chi connectivity index (χ3v) is 2.48. The Morgan fingerprint density at radius 3 is 3.13 bits per heavy atom. The molecule has 0 saturated carbocycles. The Hall–Kier alpha value is -1.54. The third kappa shape index (κ3) is 5.03. The second-order valence-electron chi connectivity index (χ2n) is 2.72. The van der Waals surface area contributed by atoms with Gasteiger partial charge in [-0.1, -0.05) is 6.07 Å². The van der Waals surface area contributed by atoms with Gasteiger partial charge < -0.3 is 5.32 Å². The summed E-state index contributed by atoms with van der Waals surface area (Å²) in [5.41, 5.74) is 0. The van der Waals surface area contributed by atoms with E-state index >= 15 is 0 Å². The average molecular weight is 221 g/mol. The lowest BCUT2D eigenvalue weighted by Gasteiger charge is -2.02. The van der Waals surface area contributed by atoms with Crippen molar-refractivity contribution in [2.45, 2.75) is 6.42 Å². The molecule has 0 aliphatic rings. The van der Waals surface area contributed by atoms with Gasteiger partial charge in [0.2, 0.25) is 5.91 Å². The first kappa shape index (κ1) is 11.5. The molecule has 0 spiro atoms. The van der Waals surface area contributed by atoms with Gasteiger partial charge in [0.1, 0.15) is 5.82 Å². The van der Waals surface area contributed by atoms with Gasteiger partial charge in [0, 0.05) is 18.4 Å². The number of pyridine rings is 1. The van der Waals surface area contributed by atoms with E-state index in [4.69, 9.17) is 5.26 Å². The molecule has 0 aromatic carbocycles. The van der Waals surface area contributed by atoms with Crippen molar-refractivity contribution >= 4 is 23.5 Å². The molecule has 1 aromatic heterocycles. The Labute approximate surface area is 92.7 Å². The Kier molecular flexibility index (Phi) is 5.26. The minimum atomic E-state index is -0.0864. The van der Waals surface area contributed by atoms with E-state index in [1.165, 1.54) is 11.8 Å². The van der Waals surface area contributed by atoms with Crippen molar-refractivity contribution in [2.75, 3.05) is 16.8 Å². The number of nitrogens with zero attached hydrogens (tertiary/aromatic N) is 2. The van der Waals surface area contributed by atoms with Crippen molar-refractivity contribution in [1.29, 1.82) is 5.26 Å². The van der Waals surface area contributed by atoms with E-state index in [-0.39, 0.29) is 5.91 Å². The van der Waals surface area contributed by atoms with Crippen LogP contribution in [0.3, 0.4) is 0 Å². The summed E-state index contributed by atoms with van der Waals surface area (Å²) in [6.45, 7) is 0. The van der Waals surface area contributed by atoms with Crippen LogP contribution in [0.2, 0.25) is 0 Å². The van der Waals surface area contributed by atoms with Gasteiger partial charge in [-0.15, -0.1) is 0 Å². The predicted octanol–water partition coefficient (Wildman–Crippen LogP) is 1.67. The Morgan fingerprint density at radius 2 is 2.47 bits per heavy atom. The number of nitriles is 1. The predicted molar refractivity (Wildman–Crippen MR) is 60.4 cm³/mol. The third-order valence-electron chi connectivity index (χ3n) is 1.52. The molecule has 0 aliphatic carbocycles. The molecule has 15 heavy (non-hydrogen) atoms. The number of hydrogen-bond donors (Lipinski definition) is 1. The number of anilines is 1. The summed E-state index contributed by atoms with van der Waals surface area (Å²) in [6.07, 6.45) is 2.10. The number of carbonyl (C=O) groups excluding carboxylic acids is 1. The second kappa shape index (κ2) is 6.85. The quantitative estimate of drug-likeness (QED) is 0.768. The number of hydrogen-bond acceptors (Lipinski definition) is 4. The molecule has 0 saturated heterocycles. The molecule has 1 aromatic rings. The SMILES string of the molecule is N#CCCSCC(=O)Nc1ccccn1. The zero-order valence-corrected chi connectivity index (χ0v) is 8.96. The molecular weight excluding hydrogens is 210 g/mol. The molecule has 78 valence electrons. The molecule has 0 atom stereocenters. The first-order valence-corrected chi connectivity index (χ1v) is 5.64. The molecule has 5 heteroatoms. The summed E-state index contributed by atoms with van der Waals surface area (Å²) in [4.78, 5) is 15.3. The molecule has 1 heterocycles. The van der Waals surface area contributed by atoms with Crippen LogP contribution in [0.5, 0.6) is 0 Å². The topological polar surface area (TPSA) is 65.8 Å². The van der Waals surface area contributed by atoms with Crippen LogP contribution in [0, 0.1) is 11.3 Å². The van der Waals surface area contributed by atoms with Crippen LogP contribution >= 0.6 is 11.8 Å². The van der Waals surface area contributed by atoms with Crippen molar-refractivity contribution in [2.24, 2.45) is 0 Å². The molecule has 4 nitrogen and oxygen atoms in total. The van der Waals surface area contributed by atoms with Gasteiger partial charge in [-0.2, -0.15) is 17.0 Å². The Balaban J connectivity index is 2.22. The molecule has 0 bridgehead atoms. The fraction of sp³-hybridized carbons (Fsp3) is 0.300. The van der Waals surface area contributed by atoms with Gasteiger partial charge in [0.05, 0.1) is 11.8 Å². The highest BCUT2D eigenvalue weighted by molar-refractivity contribution is 7.99. The highest BCUT2D eigenvalue weighted by atomic mass is 32.2. The maximum absolute atomic E-state index is 11.3. The molecule has 0 aliphatic heterocycles. The number of aromatic nitrogens is 1. The van der Waals surface area contributed by atoms with E-state index in [1.807, 2.05) is 12.1 Å². The van der Waals surface area contributed by atoms with Crippen LogP contribution in [0.4, 0.5) is 5.82 Å². The van der Waals surface area contributed by atoms with Crippen LogP contribution < -0.4 is 5.32 Å². The van der Waals surface area contributed by atoms with Gasteiger partial charge in [0.25, 0.3) is 0 Å². The van der Waals surface area contributed by atoms with Crippen molar-refractivity contribution in [1.82, 2.24) is 4.98 Å². The van der Waals surface area contributed by atoms with Crippen LogP contribution in [0.15, 0.2) is 24.4 Å². The van der Waals surface area contributed by atoms with Gasteiger partial charge in [-0.25, -0.2) is 4.98 Å². The molecular formula is C10H11N3OS. The number of amides is 1. The monoisotopic (exact) mass is 221 g/mol. The van der Waals surface area contributed by atoms with E-state index in [0.29, 0.717) is 23.7 Å². The number of thioether (sulfide) groups is 1. The lowest BCUT2D eigenvalue weighted by molar-refractivity contribution is -0.113. The van der Waals surface area contributed by atoms with Crippen LogP contribution in [0.1, 0.15) is 6.42 Å². The lowest BCUT2D eigenvalue weighted by atomic mass is 10.4. The summed E-state index contributed by atoms with van der Waals surface area (Å²) in [5, 5.41) is 11.0. The summed E-state index contributed by atoms with van der Waals surface area (Å²) in [7, 11) is 0. The summed E-state index contributed by atoms with van der Waals surface area (Å²) < 4.78 is 0. The summed E-state index contributed by atoms with van der Waals surface area (Å²) >= 11 is 1.44. The average Bonchev–Trinajstić information content (AvgIpc) is 2.26. The molecule has 1 N–H and O–H groups in total. The van der Waals surface area contributed by atoms with Gasteiger partial charge in [0.15, 0.2) is 0 Å². The van der Waals surface area contributed by atoms with E-state index in [1.54, 1.807) is 18.3 Å². The number of carbonyl (C=O) groups is 1. The summed E-state index contributed by atoms with van der Waals surface area (Å²) in [5.74, 6) is 1.52. The van der Waals surface area contributed by atoms with Crippen molar-refractivity contribution in [3.05, 3.63) is 24.4 Å². The zero-order valence-electron chi connectivity index (χ0n) is 8.14. The molecule has 0 unspecified atom stereocenters. The van der Waals surface area contributed by atoms with Gasteiger partial charge >= 0.3 is 0 Å². The minimum Gasteiger partial charge on any atom is -0.310 e. The number of rotatable bonds is 5. The Bertz CT molecular complexity index is 347. The van der Waals surface area contributed by atoms with Crippen LogP contribution in [-0.2, 0) is 4.79 Å². The van der Waals surface area contributed by atoms with Crippen molar-refractivity contribution in [3.8, 4) is 6.07 Å². The largest absolute Gasteiger partial charge is 0.310 e.